The zero-order valence-corrected chi connectivity index (χ0v) is 14.9. The second kappa shape index (κ2) is 6.25. The van der Waals surface area contributed by atoms with Gasteiger partial charge in [0, 0.05) is 5.92 Å². The van der Waals surface area contributed by atoms with E-state index in [-0.39, 0.29) is 27.3 Å². The van der Waals surface area contributed by atoms with Crippen LogP contribution in [0.1, 0.15) is 35.2 Å². The van der Waals surface area contributed by atoms with Crippen molar-refractivity contribution in [1.29, 1.82) is 0 Å². The van der Waals surface area contributed by atoms with E-state index in [1.807, 2.05) is 30.3 Å². The van der Waals surface area contributed by atoms with Gasteiger partial charge in [-0.3, -0.25) is 9.67 Å². The molecule has 3 nitrogen and oxygen atoms in total. The van der Waals surface area contributed by atoms with Crippen molar-refractivity contribution in [3.05, 3.63) is 75.3 Å². The smallest absolute Gasteiger partial charge is 0.270 e. The van der Waals surface area contributed by atoms with Crippen LogP contribution in [0.25, 0.3) is 5.69 Å². The average Bonchev–Trinajstić information content (AvgIpc) is 3.31. The molecule has 2 atom stereocenters. The van der Waals surface area contributed by atoms with E-state index < -0.39 is 11.7 Å². The standard InChI is InChI=1S/C18H13ClF3N3S/c19-14-7-6-11(18(20,21)22)8-15(14)25-16(23-24-17(25)26)13-9-12(13)10-4-2-1-3-5-10/h1-8,12-13H,9H2,(H,24,26). The van der Waals surface area contributed by atoms with Crippen molar-refractivity contribution in [2.24, 2.45) is 0 Å². The zero-order valence-electron chi connectivity index (χ0n) is 13.3. The molecule has 1 N–H and O–H groups in total. The molecule has 1 fully saturated rings. The summed E-state index contributed by atoms with van der Waals surface area (Å²) in [4.78, 5) is 0. The third kappa shape index (κ3) is 3.05. The van der Waals surface area contributed by atoms with E-state index in [2.05, 4.69) is 10.2 Å². The van der Waals surface area contributed by atoms with E-state index in [0.717, 1.165) is 18.6 Å². The minimum absolute atomic E-state index is 0.0796. The van der Waals surface area contributed by atoms with Gasteiger partial charge in [-0.15, -0.1) is 0 Å². The molecule has 0 radical (unpaired) electrons. The van der Waals surface area contributed by atoms with Crippen LogP contribution in [0.3, 0.4) is 0 Å². The second-order valence-corrected chi connectivity index (χ2v) is 7.04. The van der Waals surface area contributed by atoms with Gasteiger partial charge in [0.15, 0.2) is 4.77 Å². The summed E-state index contributed by atoms with van der Waals surface area (Å²) in [5, 5.41) is 7.15. The Balaban J connectivity index is 1.76. The number of aromatic nitrogens is 3. The van der Waals surface area contributed by atoms with Crippen molar-refractivity contribution in [2.45, 2.75) is 24.4 Å². The Labute approximate surface area is 157 Å². The number of nitrogens with zero attached hydrogens (tertiary/aromatic N) is 2. The minimum Gasteiger partial charge on any atom is -0.270 e. The fourth-order valence-corrected chi connectivity index (χ4v) is 3.64. The summed E-state index contributed by atoms with van der Waals surface area (Å²) in [7, 11) is 0. The maximum atomic E-state index is 13.1. The molecule has 2 unspecified atom stereocenters. The Bertz CT molecular complexity index is 1010. The van der Waals surface area contributed by atoms with E-state index >= 15 is 0 Å². The summed E-state index contributed by atoms with van der Waals surface area (Å²) in [6.07, 6.45) is -3.60. The summed E-state index contributed by atoms with van der Waals surface area (Å²) >= 11 is 11.4. The van der Waals surface area contributed by atoms with E-state index in [0.29, 0.717) is 5.82 Å². The first-order valence-corrected chi connectivity index (χ1v) is 8.74. The topological polar surface area (TPSA) is 33.6 Å². The lowest BCUT2D eigenvalue weighted by molar-refractivity contribution is -0.137. The lowest BCUT2D eigenvalue weighted by Gasteiger charge is -2.13. The van der Waals surface area contributed by atoms with Gasteiger partial charge >= 0.3 is 6.18 Å². The van der Waals surface area contributed by atoms with E-state index in [1.165, 1.54) is 16.2 Å². The molecule has 8 heteroatoms. The molecule has 26 heavy (non-hydrogen) atoms. The van der Waals surface area contributed by atoms with E-state index in [4.69, 9.17) is 23.8 Å². The molecule has 3 aromatic rings. The predicted molar refractivity (Wildman–Crippen MR) is 95.3 cm³/mol. The van der Waals surface area contributed by atoms with Crippen LogP contribution in [0.5, 0.6) is 0 Å². The molecule has 1 heterocycles. The summed E-state index contributed by atoms with van der Waals surface area (Å²) in [6, 6.07) is 13.1. The number of nitrogens with one attached hydrogen (secondary N) is 1. The molecule has 2 aromatic carbocycles. The fourth-order valence-electron chi connectivity index (χ4n) is 3.20. The van der Waals surface area contributed by atoms with Crippen LogP contribution in [-0.2, 0) is 6.18 Å². The Morgan fingerprint density at radius 1 is 1.12 bits per heavy atom. The highest BCUT2D eigenvalue weighted by Crippen LogP contribution is 2.54. The highest BCUT2D eigenvalue weighted by atomic mass is 35.5. The van der Waals surface area contributed by atoms with Gasteiger partial charge in [-0.25, -0.2) is 0 Å². The SMILES string of the molecule is FC(F)(F)c1ccc(Cl)c(-n2c(C3CC3c3ccccc3)n[nH]c2=S)c1. The molecule has 0 aliphatic heterocycles. The molecule has 1 aliphatic carbocycles. The molecule has 1 aliphatic rings. The first-order chi connectivity index (χ1) is 12.4. The number of H-pyrrole nitrogens is 1. The van der Waals surface area contributed by atoms with Crippen LogP contribution in [0, 0.1) is 4.77 Å². The number of hydrogen-bond donors (Lipinski definition) is 1. The normalized spacial score (nSPS) is 19.5. The van der Waals surface area contributed by atoms with Crippen LogP contribution in [0.15, 0.2) is 48.5 Å². The lowest BCUT2D eigenvalue weighted by Crippen LogP contribution is -2.08. The molecule has 4 rings (SSSR count). The van der Waals surface area contributed by atoms with Crippen molar-refractivity contribution in [3.63, 3.8) is 0 Å². The number of alkyl halides is 3. The molecular weight excluding hydrogens is 383 g/mol. The van der Waals surface area contributed by atoms with E-state index in [9.17, 15) is 13.2 Å². The van der Waals surface area contributed by atoms with Crippen molar-refractivity contribution in [1.82, 2.24) is 14.8 Å². The quantitative estimate of drug-likeness (QED) is 0.562. The third-order valence-electron chi connectivity index (χ3n) is 4.56. The van der Waals surface area contributed by atoms with Crippen molar-refractivity contribution in [3.8, 4) is 5.69 Å². The molecule has 1 aromatic heterocycles. The third-order valence-corrected chi connectivity index (χ3v) is 5.16. The number of halogens is 4. The monoisotopic (exact) mass is 395 g/mol. The van der Waals surface area contributed by atoms with Crippen LogP contribution < -0.4 is 0 Å². The second-order valence-electron chi connectivity index (χ2n) is 6.25. The van der Waals surface area contributed by atoms with Crippen molar-refractivity contribution < 1.29 is 13.2 Å². The number of rotatable bonds is 3. The Hall–Kier alpha value is -2.12. The minimum atomic E-state index is -4.46. The zero-order chi connectivity index (χ0) is 18.5. The van der Waals surface area contributed by atoms with Gasteiger partial charge in [-0.05, 0) is 48.3 Å². The molecule has 1 saturated carbocycles. The Kier molecular flexibility index (Phi) is 4.16. The summed E-state index contributed by atoms with van der Waals surface area (Å²) < 4.78 is 41.0. The van der Waals surface area contributed by atoms with Gasteiger partial charge in [-0.2, -0.15) is 18.3 Å². The molecule has 0 amide bonds. The van der Waals surface area contributed by atoms with Crippen molar-refractivity contribution >= 4 is 23.8 Å². The van der Waals surface area contributed by atoms with E-state index in [1.54, 1.807) is 0 Å². The number of hydrogen-bond acceptors (Lipinski definition) is 2. The molecule has 0 spiro atoms. The van der Waals surface area contributed by atoms with Crippen LogP contribution in [0.4, 0.5) is 13.2 Å². The first-order valence-electron chi connectivity index (χ1n) is 7.95. The van der Waals surface area contributed by atoms with Gasteiger partial charge in [0.25, 0.3) is 0 Å². The maximum Gasteiger partial charge on any atom is 0.416 e. The summed E-state index contributed by atoms with van der Waals surface area (Å²) in [5.74, 6) is 0.950. The van der Waals surface area contributed by atoms with Gasteiger partial charge in [0.2, 0.25) is 0 Å². The van der Waals surface area contributed by atoms with Gasteiger partial charge in [-0.1, -0.05) is 41.9 Å². The fraction of sp³-hybridized carbons (Fsp3) is 0.222. The van der Waals surface area contributed by atoms with Gasteiger partial charge < -0.3 is 0 Å². The maximum absolute atomic E-state index is 13.1. The lowest BCUT2D eigenvalue weighted by atomic mass is 10.1. The van der Waals surface area contributed by atoms with Crippen LogP contribution >= 0.6 is 23.8 Å². The first kappa shape index (κ1) is 17.3. The molecule has 0 saturated heterocycles. The highest BCUT2D eigenvalue weighted by Gasteiger charge is 2.43. The van der Waals surface area contributed by atoms with Crippen LogP contribution in [-0.4, -0.2) is 14.8 Å². The summed E-state index contributed by atoms with van der Waals surface area (Å²) in [6.45, 7) is 0. The largest absolute Gasteiger partial charge is 0.416 e. The molecular formula is C18H13ClF3N3S. The number of benzene rings is 2. The predicted octanol–water partition coefficient (Wildman–Crippen LogP) is 5.87. The number of aromatic amines is 1. The van der Waals surface area contributed by atoms with Gasteiger partial charge in [0.05, 0.1) is 16.3 Å². The highest BCUT2D eigenvalue weighted by molar-refractivity contribution is 7.71. The Morgan fingerprint density at radius 3 is 2.54 bits per heavy atom. The summed E-state index contributed by atoms with van der Waals surface area (Å²) in [5.41, 5.74) is 0.586. The van der Waals surface area contributed by atoms with Gasteiger partial charge in [0.1, 0.15) is 5.82 Å². The van der Waals surface area contributed by atoms with Crippen LogP contribution in [0.2, 0.25) is 5.02 Å². The Morgan fingerprint density at radius 2 is 1.85 bits per heavy atom. The molecule has 0 bridgehead atoms. The average molecular weight is 396 g/mol. The van der Waals surface area contributed by atoms with Crippen molar-refractivity contribution in [2.75, 3.05) is 0 Å². The molecule has 134 valence electrons.